The first-order valence-corrected chi connectivity index (χ1v) is 29.8. The second-order valence-corrected chi connectivity index (χ2v) is 20.6. The quantitative estimate of drug-likeness (QED) is 0.0361. The van der Waals surface area contributed by atoms with Crippen LogP contribution in [-0.4, -0.2) is 46.1 Å². The number of aliphatic hydroxyl groups is 3. The van der Waals surface area contributed by atoms with Crippen LogP contribution in [0.25, 0.3) is 0 Å². The molecular weight excluding hydrogens is 811 g/mol. The SMILES string of the molecule is CCCCCCCCCCC/C=C\C/C=C\CCCCCCCCCCCCCCCCC(O)C(=O)NC(CO)C(O)/C=C/CCCCCCCCCCCCCCCCCCCCCC. The fourth-order valence-corrected chi connectivity index (χ4v) is 9.34. The Hall–Kier alpha value is -1.43. The lowest BCUT2D eigenvalue weighted by atomic mass is 10.0. The van der Waals surface area contributed by atoms with E-state index in [2.05, 4.69) is 43.5 Å². The number of allylic oxidation sites excluding steroid dienone is 5. The lowest BCUT2D eigenvalue weighted by Gasteiger charge is -2.21. The Labute approximate surface area is 413 Å². The summed E-state index contributed by atoms with van der Waals surface area (Å²) in [6, 6.07) is -0.799. The van der Waals surface area contributed by atoms with Crippen LogP contribution >= 0.6 is 0 Å². The molecule has 0 heterocycles. The lowest BCUT2D eigenvalue weighted by Crippen LogP contribution is -2.48. The fraction of sp³-hybridized carbons (Fsp3) is 0.885. The summed E-state index contributed by atoms with van der Waals surface area (Å²) in [5.41, 5.74) is 0. The number of nitrogens with one attached hydrogen (secondary N) is 1. The lowest BCUT2D eigenvalue weighted by molar-refractivity contribution is -0.131. The third-order valence-corrected chi connectivity index (χ3v) is 14.0. The molecule has 3 atom stereocenters. The molecular formula is C61H117NO4. The van der Waals surface area contributed by atoms with Gasteiger partial charge in [0.25, 0.3) is 0 Å². The Morgan fingerprint density at radius 2 is 0.652 bits per heavy atom. The molecule has 0 saturated heterocycles. The van der Waals surface area contributed by atoms with Crippen LogP contribution in [0, 0.1) is 0 Å². The molecule has 0 aromatic carbocycles. The van der Waals surface area contributed by atoms with Gasteiger partial charge in [0.2, 0.25) is 5.91 Å². The van der Waals surface area contributed by atoms with E-state index in [0.717, 1.165) is 38.5 Å². The molecule has 5 heteroatoms. The summed E-state index contributed by atoms with van der Waals surface area (Å²) in [7, 11) is 0. The van der Waals surface area contributed by atoms with E-state index in [-0.39, 0.29) is 6.61 Å². The summed E-state index contributed by atoms with van der Waals surface area (Å²) >= 11 is 0. The minimum atomic E-state index is -1.10. The van der Waals surface area contributed by atoms with Crippen LogP contribution in [0.4, 0.5) is 0 Å². The maximum atomic E-state index is 12.6. The van der Waals surface area contributed by atoms with Crippen molar-refractivity contribution in [3.63, 3.8) is 0 Å². The molecule has 4 N–H and O–H groups in total. The second-order valence-electron chi connectivity index (χ2n) is 20.6. The van der Waals surface area contributed by atoms with Crippen LogP contribution in [0.5, 0.6) is 0 Å². The van der Waals surface area contributed by atoms with Gasteiger partial charge in [0.15, 0.2) is 0 Å². The minimum Gasteiger partial charge on any atom is -0.394 e. The molecule has 1 amide bonds. The second kappa shape index (κ2) is 56.2. The van der Waals surface area contributed by atoms with Crippen molar-refractivity contribution in [1.29, 1.82) is 0 Å². The van der Waals surface area contributed by atoms with Crippen LogP contribution < -0.4 is 5.32 Å². The highest BCUT2D eigenvalue weighted by Gasteiger charge is 2.22. The van der Waals surface area contributed by atoms with Gasteiger partial charge >= 0.3 is 0 Å². The normalized spacial score (nSPS) is 13.5. The Bertz CT molecular complexity index is 1020. The van der Waals surface area contributed by atoms with Crippen molar-refractivity contribution in [3.8, 4) is 0 Å². The molecule has 0 rings (SSSR count). The first kappa shape index (κ1) is 64.6. The Kier molecular flexibility index (Phi) is 54.9. The Morgan fingerprint density at radius 3 is 0.955 bits per heavy atom. The summed E-state index contributed by atoms with van der Waals surface area (Å²) in [5.74, 6) is -0.499. The van der Waals surface area contributed by atoms with Gasteiger partial charge in [0.1, 0.15) is 6.10 Å². The largest absolute Gasteiger partial charge is 0.394 e. The summed E-state index contributed by atoms with van der Waals surface area (Å²) < 4.78 is 0. The van der Waals surface area contributed by atoms with E-state index in [1.165, 1.54) is 263 Å². The van der Waals surface area contributed by atoms with Crippen molar-refractivity contribution in [3.05, 3.63) is 36.5 Å². The zero-order valence-electron chi connectivity index (χ0n) is 44.6. The molecule has 0 fully saturated rings. The standard InChI is InChI=1S/C61H117NO4/c1-3-5-7-9-11-13-15-17-19-21-23-25-27-28-29-30-31-32-33-34-36-38-40-42-44-46-48-50-52-54-56-60(65)61(66)62-58(57-63)59(64)55-53-51-49-47-45-43-41-39-37-35-26-24-22-20-18-16-14-12-10-8-6-4-2/h23,25,28-29,53,55,58-60,63-65H,3-22,24,26-27,30-52,54,56-57H2,1-2H3,(H,62,66)/b25-23-,29-28-,55-53+. The zero-order chi connectivity index (χ0) is 47.9. The van der Waals surface area contributed by atoms with Gasteiger partial charge < -0.3 is 20.6 Å². The van der Waals surface area contributed by atoms with Crippen LogP contribution in [0.15, 0.2) is 36.5 Å². The van der Waals surface area contributed by atoms with E-state index in [4.69, 9.17) is 0 Å². The van der Waals surface area contributed by atoms with Gasteiger partial charge in [-0.05, 0) is 51.4 Å². The number of aliphatic hydroxyl groups excluding tert-OH is 3. The number of rotatable bonds is 55. The van der Waals surface area contributed by atoms with Crippen LogP contribution in [0.2, 0.25) is 0 Å². The molecule has 0 bridgehead atoms. The average molecular weight is 929 g/mol. The van der Waals surface area contributed by atoms with E-state index < -0.39 is 24.2 Å². The maximum Gasteiger partial charge on any atom is 0.249 e. The minimum absolute atomic E-state index is 0.362. The Balaban J connectivity index is 3.55. The van der Waals surface area contributed by atoms with Crippen molar-refractivity contribution in [1.82, 2.24) is 5.32 Å². The smallest absolute Gasteiger partial charge is 0.249 e. The zero-order valence-corrected chi connectivity index (χ0v) is 44.6. The van der Waals surface area contributed by atoms with Crippen LogP contribution in [0.1, 0.15) is 322 Å². The van der Waals surface area contributed by atoms with Gasteiger partial charge in [-0.3, -0.25) is 4.79 Å². The number of carbonyl (C=O) groups is 1. The van der Waals surface area contributed by atoms with Gasteiger partial charge in [-0.2, -0.15) is 0 Å². The molecule has 0 aliphatic carbocycles. The number of amides is 1. The highest BCUT2D eigenvalue weighted by Crippen LogP contribution is 2.17. The fourth-order valence-electron chi connectivity index (χ4n) is 9.34. The van der Waals surface area contributed by atoms with E-state index in [9.17, 15) is 20.1 Å². The molecule has 0 saturated carbocycles. The molecule has 0 aromatic rings. The Morgan fingerprint density at radius 1 is 0.379 bits per heavy atom. The third kappa shape index (κ3) is 50.4. The summed E-state index contributed by atoms with van der Waals surface area (Å²) in [5, 5.41) is 33.4. The van der Waals surface area contributed by atoms with Gasteiger partial charge in [0.05, 0.1) is 18.8 Å². The highest BCUT2D eigenvalue weighted by molar-refractivity contribution is 5.80. The van der Waals surface area contributed by atoms with E-state index >= 15 is 0 Å². The summed E-state index contributed by atoms with van der Waals surface area (Å²) in [4.78, 5) is 12.6. The summed E-state index contributed by atoms with van der Waals surface area (Å²) in [6.07, 6.45) is 73.8. The van der Waals surface area contributed by atoms with E-state index in [0.29, 0.717) is 6.42 Å². The first-order chi connectivity index (χ1) is 32.6. The van der Waals surface area contributed by atoms with Crippen molar-refractivity contribution in [2.75, 3.05) is 6.61 Å². The van der Waals surface area contributed by atoms with Gasteiger partial charge in [-0.1, -0.05) is 307 Å². The van der Waals surface area contributed by atoms with Crippen molar-refractivity contribution < 1.29 is 20.1 Å². The van der Waals surface area contributed by atoms with E-state index in [1.807, 2.05) is 6.08 Å². The molecule has 3 unspecified atom stereocenters. The average Bonchev–Trinajstić information content (AvgIpc) is 3.32. The number of hydrogen-bond donors (Lipinski definition) is 4. The number of hydrogen-bond acceptors (Lipinski definition) is 4. The topological polar surface area (TPSA) is 89.8 Å². The molecule has 390 valence electrons. The molecule has 0 aromatic heterocycles. The molecule has 66 heavy (non-hydrogen) atoms. The van der Waals surface area contributed by atoms with Crippen LogP contribution in [-0.2, 0) is 4.79 Å². The molecule has 0 radical (unpaired) electrons. The van der Waals surface area contributed by atoms with Crippen molar-refractivity contribution in [2.45, 2.75) is 340 Å². The van der Waals surface area contributed by atoms with Gasteiger partial charge in [-0.15, -0.1) is 0 Å². The third-order valence-electron chi connectivity index (χ3n) is 14.0. The molecule has 0 aliphatic rings. The monoisotopic (exact) mass is 928 g/mol. The van der Waals surface area contributed by atoms with Crippen molar-refractivity contribution >= 4 is 5.91 Å². The molecule has 0 spiro atoms. The van der Waals surface area contributed by atoms with Gasteiger partial charge in [0, 0.05) is 0 Å². The van der Waals surface area contributed by atoms with Crippen molar-refractivity contribution in [2.24, 2.45) is 0 Å². The first-order valence-electron chi connectivity index (χ1n) is 29.8. The highest BCUT2D eigenvalue weighted by atomic mass is 16.3. The van der Waals surface area contributed by atoms with Crippen LogP contribution in [0.3, 0.4) is 0 Å². The predicted molar refractivity (Wildman–Crippen MR) is 291 cm³/mol. The maximum absolute atomic E-state index is 12.6. The van der Waals surface area contributed by atoms with Gasteiger partial charge in [-0.25, -0.2) is 0 Å². The number of unbranched alkanes of at least 4 members (excludes halogenated alkanes) is 43. The molecule has 0 aliphatic heterocycles. The number of carbonyl (C=O) groups excluding carboxylic acids is 1. The summed E-state index contributed by atoms with van der Waals surface area (Å²) in [6.45, 7) is 4.22. The van der Waals surface area contributed by atoms with E-state index in [1.54, 1.807) is 6.08 Å². The predicted octanol–water partition coefficient (Wildman–Crippen LogP) is 18.6. The molecule has 5 nitrogen and oxygen atoms in total.